The highest BCUT2D eigenvalue weighted by Crippen LogP contribution is 2.36. The van der Waals surface area contributed by atoms with Gasteiger partial charge in [0.05, 0.1) is 5.52 Å². The molecule has 1 aliphatic heterocycles. The lowest BCUT2D eigenvalue weighted by Crippen LogP contribution is -2.26. The Balaban J connectivity index is 1.62. The molecular formula is C23H29N5. The Morgan fingerprint density at radius 1 is 0.857 bits per heavy atom. The van der Waals surface area contributed by atoms with Crippen LogP contribution >= 0.6 is 0 Å². The zero-order valence-corrected chi connectivity index (χ0v) is 16.6. The molecule has 5 nitrogen and oxygen atoms in total. The first-order chi connectivity index (χ1) is 13.9. The fraction of sp³-hybridized carbons (Fsp3) is 0.522. The lowest BCUT2D eigenvalue weighted by Gasteiger charge is -2.25. The first-order valence-corrected chi connectivity index (χ1v) is 11.0. The van der Waals surface area contributed by atoms with Gasteiger partial charge in [-0.05, 0) is 55.4 Å². The Kier molecular flexibility index (Phi) is 4.98. The summed E-state index contributed by atoms with van der Waals surface area (Å²) in [5.41, 5.74) is 2.50. The molecule has 0 amide bonds. The van der Waals surface area contributed by atoms with Crippen LogP contribution in [-0.2, 0) is 0 Å². The quantitative estimate of drug-likeness (QED) is 0.628. The van der Waals surface area contributed by atoms with Crippen LogP contribution in [0.5, 0.6) is 0 Å². The predicted octanol–water partition coefficient (Wildman–Crippen LogP) is 5.24. The highest BCUT2D eigenvalue weighted by atomic mass is 15.4. The summed E-state index contributed by atoms with van der Waals surface area (Å²) >= 11 is 0. The van der Waals surface area contributed by atoms with Gasteiger partial charge in [-0.15, -0.1) is 0 Å². The van der Waals surface area contributed by atoms with Gasteiger partial charge >= 0.3 is 0 Å². The summed E-state index contributed by atoms with van der Waals surface area (Å²) in [6.45, 7) is 2.16. The molecule has 0 N–H and O–H groups in total. The number of hydrogen-bond acceptors (Lipinski definition) is 4. The number of anilines is 1. The van der Waals surface area contributed by atoms with Crippen molar-refractivity contribution >= 4 is 16.7 Å². The molecule has 5 rings (SSSR count). The fourth-order valence-electron chi connectivity index (χ4n) is 4.82. The first kappa shape index (κ1) is 17.7. The zero-order valence-electron chi connectivity index (χ0n) is 16.6. The Morgan fingerprint density at radius 3 is 2.39 bits per heavy atom. The summed E-state index contributed by atoms with van der Waals surface area (Å²) in [4.78, 5) is 12.3. The minimum absolute atomic E-state index is 0.669. The van der Waals surface area contributed by atoms with E-state index in [1.165, 1.54) is 68.7 Å². The molecule has 0 spiro atoms. The van der Waals surface area contributed by atoms with Crippen LogP contribution in [0, 0.1) is 0 Å². The van der Waals surface area contributed by atoms with E-state index in [0.29, 0.717) is 11.9 Å². The molecule has 0 bridgehead atoms. The third kappa shape index (κ3) is 3.50. The van der Waals surface area contributed by atoms with Crippen LogP contribution in [0.4, 0.5) is 5.82 Å². The number of aromatic nitrogens is 4. The SMILES string of the molecule is c1cnn(-c2nc(N3CCCCCC3)c3cc(C4CCCCC4)ccc3n2)c1. The third-order valence-corrected chi connectivity index (χ3v) is 6.38. The molecule has 1 saturated heterocycles. The van der Waals surface area contributed by atoms with Gasteiger partial charge in [-0.1, -0.05) is 38.2 Å². The molecule has 1 aromatic carbocycles. The van der Waals surface area contributed by atoms with Gasteiger partial charge in [0.1, 0.15) is 5.82 Å². The summed E-state index contributed by atoms with van der Waals surface area (Å²) in [6, 6.07) is 8.81. The minimum Gasteiger partial charge on any atom is -0.356 e. The Labute approximate surface area is 166 Å². The van der Waals surface area contributed by atoms with Crippen LogP contribution in [-0.4, -0.2) is 32.8 Å². The van der Waals surface area contributed by atoms with E-state index >= 15 is 0 Å². The third-order valence-electron chi connectivity index (χ3n) is 6.38. The van der Waals surface area contributed by atoms with Crippen molar-refractivity contribution in [2.45, 2.75) is 63.7 Å². The van der Waals surface area contributed by atoms with Gasteiger partial charge in [-0.3, -0.25) is 0 Å². The van der Waals surface area contributed by atoms with Gasteiger partial charge in [0.25, 0.3) is 5.95 Å². The van der Waals surface area contributed by atoms with Crippen LogP contribution in [0.15, 0.2) is 36.7 Å². The van der Waals surface area contributed by atoms with Crippen molar-refractivity contribution in [3.05, 3.63) is 42.2 Å². The average molecular weight is 376 g/mol. The minimum atomic E-state index is 0.669. The summed E-state index contributed by atoms with van der Waals surface area (Å²) in [5, 5.41) is 5.57. The predicted molar refractivity (Wildman–Crippen MR) is 113 cm³/mol. The Hall–Kier alpha value is -2.43. The molecule has 146 valence electrons. The highest BCUT2D eigenvalue weighted by Gasteiger charge is 2.20. The van der Waals surface area contributed by atoms with E-state index in [2.05, 4.69) is 28.2 Å². The van der Waals surface area contributed by atoms with Crippen LogP contribution < -0.4 is 4.90 Å². The van der Waals surface area contributed by atoms with Gasteiger partial charge < -0.3 is 4.90 Å². The van der Waals surface area contributed by atoms with Crippen LogP contribution in [0.3, 0.4) is 0 Å². The molecule has 2 aromatic heterocycles. The van der Waals surface area contributed by atoms with E-state index in [4.69, 9.17) is 9.97 Å². The van der Waals surface area contributed by atoms with Crippen molar-refractivity contribution in [1.29, 1.82) is 0 Å². The highest BCUT2D eigenvalue weighted by molar-refractivity contribution is 5.90. The van der Waals surface area contributed by atoms with E-state index in [1.54, 1.807) is 10.9 Å². The maximum absolute atomic E-state index is 5.01. The molecule has 0 atom stereocenters. The number of benzene rings is 1. The van der Waals surface area contributed by atoms with Crippen LogP contribution in [0.2, 0.25) is 0 Å². The number of fused-ring (bicyclic) bond motifs is 1. The molecule has 5 heteroatoms. The molecule has 1 saturated carbocycles. The molecule has 0 radical (unpaired) electrons. The van der Waals surface area contributed by atoms with Crippen molar-refractivity contribution in [1.82, 2.24) is 19.7 Å². The standard InChI is InChI=1S/C23H29N5/c1-2-7-15-27(14-6-1)22-20-17-19(18-9-4-3-5-10-18)11-12-21(20)25-23(26-22)28-16-8-13-24-28/h8,11-13,16-18H,1-7,9-10,14-15H2. The summed E-state index contributed by atoms with van der Waals surface area (Å²) < 4.78 is 1.77. The van der Waals surface area contributed by atoms with Gasteiger partial charge in [0.2, 0.25) is 0 Å². The second-order valence-corrected chi connectivity index (χ2v) is 8.31. The number of nitrogens with zero attached hydrogens (tertiary/aromatic N) is 5. The maximum Gasteiger partial charge on any atom is 0.253 e. The van der Waals surface area contributed by atoms with Crippen molar-refractivity contribution < 1.29 is 0 Å². The largest absolute Gasteiger partial charge is 0.356 e. The van der Waals surface area contributed by atoms with E-state index < -0.39 is 0 Å². The van der Waals surface area contributed by atoms with Crippen molar-refractivity contribution in [3.63, 3.8) is 0 Å². The topological polar surface area (TPSA) is 46.8 Å². The molecule has 2 fully saturated rings. The Morgan fingerprint density at radius 2 is 1.64 bits per heavy atom. The molecule has 0 unspecified atom stereocenters. The fourth-order valence-corrected chi connectivity index (χ4v) is 4.82. The van der Waals surface area contributed by atoms with Gasteiger partial charge in [0, 0.05) is 30.9 Å². The number of hydrogen-bond donors (Lipinski definition) is 0. The maximum atomic E-state index is 5.01. The lowest BCUT2D eigenvalue weighted by atomic mass is 9.84. The van der Waals surface area contributed by atoms with Gasteiger partial charge in [0.15, 0.2) is 0 Å². The number of rotatable bonds is 3. The van der Waals surface area contributed by atoms with Crippen LogP contribution in [0.1, 0.15) is 69.3 Å². The van der Waals surface area contributed by atoms with Crippen molar-refractivity contribution in [2.75, 3.05) is 18.0 Å². The second-order valence-electron chi connectivity index (χ2n) is 8.31. The Bertz CT molecular complexity index is 920. The second kappa shape index (κ2) is 7.90. The van der Waals surface area contributed by atoms with Gasteiger partial charge in [-0.25, -0.2) is 9.67 Å². The molecule has 1 aliphatic carbocycles. The monoisotopic (exact) mass is 375 g/mol. The van der Waals surface area contributed by atoms with E-state index in [0.717, 1.165) is 24.4 Å². The molecule has 3 aromatic rings. The molecule has 2 aliphatic rings. The molecular weight excluding hydrogens is 346 g/mol. The van der Waals surface area contributed by atoms with E-state index in [-0.39, 0.29) is 0 Å². The average Bonchev–Trinajstić information content (AvgIpc) is 3.16. The summed E-state index contributed by atoms with van der Waals surface area (Å²) in [7, 11) is 0. The molecule has 28 heavy (non-hydrogen) atoms. The van der Waals surface area contributed by atoms with Crippen LogP contribution in [0.25, 0.3) is 16.9 Å². The summed E-state index contributed by atoms with van der Waals surface area (Å²) in [5.74, 6) is 2.46. The first-order valence-electron chi connectivity index (χ1n) is 11.0. The van der Waals surface area contributed by atoms with E-state index in [9.17, 15) is 0 Å². The smallest absolute Gasteiger partial charge is 0.253 e. The summed E-state index contributed by atoms with van der Waals surface area (Å²) in [6.07, 6.45) is 15.6. The van der Waals surface area contributed by atoms with E-state index in [1.807, 2.05) is 12.3 Å². The molecule has 3 heterocycles. The normalized spacial score (nSPS) is 19.1. The van der Waals surface area contributed by atoms with Crippen molar-refractivity contribution in [2.24, 2.45) is 0 Å². The zero-order chi connectivity index (χ0) is 18.8. The van der Waals surface area contributed by atoms with Crippen molar-refractivity contribution in [3.8, 4) is 5.95 Å². The van der Waals surface area contributed by atoms with Gasteiger partial charge in [-0.2, -0.15) is 10.1 Å². The lowest BCUT2D eigenvalue weighted by molar-refractivity contribution is 0.444.